The Morgan fingerprint density at radius 3 is 2.67 bits per heavy atom. The first-order valence-corrected chi connectivity index (χ1v) is 6.31. The van der Waals surface area contributed by atoms with E-state index < -0.39 is 23.8 Å². The van der Waals surface area contributed by atoms with Gasteiger partial charge in [-0.2, -0.15) is 0 Å². The van der Waals surface area contributed by atoms with Gasteiger partial charge in [-0.05, 0) is 45.6 Å². The van der Waals surface area contributed by atoms with Crippen molar-refractivity contribution in [3.8, 4) is 0 Å². The van der Waals surface area contributed by atoms with E-state index >= 15 is 0 Å². The molecule has 0 aromatic heterocycles. The maximum atomic E-state index is 11.6. The van der Waals surface area contributed by atoms with Gasteiger partial charge in [-0.15, -0.1) is 0 Å². The fourth-order valence-corrected chi connectivity index (χ4v) is 1.91. The third-order valence-electron chi connectivity index (χ3n) is 2.74. The van der Waals surface area contributed by atoms with Gasteiger partial charge in [-0.3, -0.25) is 0 Å². The summed E-state index contributed by atoms with van der Waals surface area (Å²) in [6.07, 6.45) is 3.26. The minimum Gasteiger partial charge on any atom is -0.444 e. The van der Waals surface area contributed by atoms with Crippen molar-refractivity contribution in [3.05, 3.63) is 11.6 Å². The molecule has 1 aliphatic rings. The fourth-order valence-electron chi connectivity index (χ4n) is 1.91. The van der Waals surface area contributed by atoms with Crippen molar-refractivity contribution in [2.45, 2.75) is 57.8 Å². The van der Waals surface area contributed by atoms with E-state index in [4.69, 9.17) is 4.74 Å². The summed E-state index contributed by atoms with van der Waals surface area (Å²) in [4.78, 5) is 11.6. The van der Waals surface area contributed by atoms with Gasteiger partial charge in [-0.25, -0.2) is 4.79 Å². The zero-order chi connectivity index (χ0) is 13.8. The molecule has 1 aliphatic carbocycles. The number of carbonyl (C=O) groups is 1. The highest BCUT2D eigenvalue weighted by Gasteiger charge is 2.27. The molecule has 5 nitrogen and oxygen atoms in total. The molecule has 0 unspecified atom stereocenters. The highest BCUT2D eigenvalue weighted by Crippen LogP contribution is 2.22. The summed E-state index contributed by atoms with van der Waals surface area (Å²) in [7, 11) is 0. The van der Waals surface area contributed by atoms with Crippen LogP contribution in [0.15, 0.2) is 11.6 Å². The van der Waals surface area contributed by atoms with Gasteiger partial charge in [0.25, 0.3) is 0 Å². The van der Waals surface area contributed by atoms with Crippen LogP contribution in [-0.4, -0.2) is 40.7 Å². The molecule has 2 atom stereocenters. The first-order chi connectivity index (χ1) is 8.33. The van der Waals surface area contributed by atoms with Gasteiger partial charge in [0.2, 0.25) is 0 Å². The molecule has 0 saturated carbocycles. The van der Waals surface area contributed by atoms with Crippen molar-refractivity contribution in [2.75, 3.05) is 6.61 Å². The van der Waals surface area contributed by atoms with E-state index in [0.717, 1.165) is 24.8 Å². The number of carbonyl (C=O) groups excluding carboxylic acids is 1. The minimum atomic E-state index is -0.843. The Bertz CT molecular complexity index is 319. The molecule has 0 aromatic rings. The number of allylic oxidation sites excluding steroid dienone is 1. The van der Waals surface area contributed by atoms with Crippen LogP contribution in [0, 0.1) is 0 Å². The second-order valence-electron chi connectivity index (χ2n) is 5.55. The van der Waals surface area contributed by atoms with E-state index in [9.17, 15) is 15.0 Å². The lowest BCUT2D eigenvalue weighted by atomic mass is 10.0. The lowest BCUT2D eigenvalue weighted by Crippen LogP contribution is -2.48. The molecule has 0 saturated heterocycles. The molecule has 5 heteroatoms. The fraction of sp³-hybridized carbons (Fsp3) is 0.769. The van der Waals surface area contributed by atoms with Crippen LogP contribution in [0.4, 0.5) is 4.79 Å². The van der Waals surface area contributed by atoms with Gasteiger partial charge in [0.15, 0.2) is 0 Å². The summed E-state index contributed by atoms with van der Waals surface area (Å²) in [5.41, 5.74) is 0.284. The molecule has 1 rings (SSSR count). The SMILES string of the molecule is CC(C)(C)OC(=O)N[C@@H](CO)[C@@H](O)C1=CCCC1. The van der Waals surface area contributed by atoms with Crippen LogP contribution in [0.2, 0.25) is 0 Å². The van der Waals surface area contributed by atoms with Crippen LogP contribution in [-0.2, 0) is 4.74 Å². The number of alkyl carbamates (subject to hydrolysis) is 1. The average molecular weight is 257 g/mol. The molecule has 18 heavy (non-hydrogen) atoms. The highest BCUT2D eigenvalue weighted by atomic mass is 16.6. The summed E-state index contributed by atoms with van der Waals surface area (Å²) >= 11 is 0. The topological polar surface area (TPSA) is 78.8 Å². The minimum absolute atomic E-state index is 0.322. The first-order valence-electron chi connectivity index (χ1n) is 6.31. The molecule has 104 valence electrons. The summed E-state index contributed by atoms with van der Waals surface area (Å²) in [5.74, 6) is 0. The molecular weight excluding hydrogens is 234 g/mol. The number of nitrogens with one attached hydrogen (secondary N) is 1. The molecule has 1 amide bonds. The van der Waals surface area contributed by atoms with Crippen molar-refractivity contribution in [3.63, 3.8) is 0 Å². The smallest absolute Gasteiger partial charge is 0.408 e. The number of ether oxygens (including phenoxy) is 1. The van der Waals surface area contributed by atoms with Gasteiger partial charge >= 0.3 is 6.09 Å². The molecule has 0 spiro atoms. The zero-order valence-electron chi connectivity index (χ0n) is 11.3. The second kappa shape index (κ2) is 6.20. The monoisotopic (exact) mass is 257 g/mol. The number of aliphatic hydroxyl groups excluding tert-OH is 2. The van der Waals surface area contributed by atoms with Gasteiger partial charge in [-0.1, -0.05) is 6.08 Å². The van der Waals surface area contributed by atoms with Gasteiger partial charge < -0.3 is 20.3 Å². The summed E-state index contributed by atoms with van der Waals surface area (Å²) in [5, 5.41) is 21.8. The molecule has 0 bridgehead atoms. The number of amides is 1. The van der Waals surface area contributed by atoms with Crippen molar-refractivity contribution in [1.29, 1.82) is 0 Å². The van der Waals surface area contributed by atoms with Gasteiger partial charge in [0.05, 0.1) is 18.8 Å². The Morgan fingerprint density at radius 2 is 2.22 bits per heavy atom. The lowest BCUT2D eigenvalue weighted by Gasteiger charge is -2.26. The summed E-state index contributed by atoms with van der Waals surface area (Å²) in [6, 6.07) is -0.718. The summed E-state index contributed by atoms with van der Waals surface area (Å²) < 4.78 is 5.09. The van der Waals surface area contributed by atoms with Crippen LogP contribution in [0.3, 0.4) is 0 Å². The quantitative estimate of drug-likeness (QED) is 0.664. The Balaban J connectivity index is 2.53. The van der Waals surface area contributed by atoms with E-state index in [-0.39, 0.29) is 6.61 Å². The van der Waals surface area contributed by atoms with Crippen molar-refractivity contribution in [1.82, 2.24) is 5.32 Å². The third kappa shape index (κ3) is 4.66. The second-order valence-corrected chi connectivity index (χ2v) is 5.55. The number of hydrogen-bond donors (Lipinski definition) is 3. The molecule has 0 heterocycles. The van der Waals surface area contributed by atoms with Crippen LogP contribution in [0.25, 0.3) is 0 Å². The van der Waals surface area contributed by atoms with E-state index in [0.29, 0.717) is 0 Å². The summed E-state index contributed by atoms with van der Waals surface area (Å²) in [6.45, 7) is 4.96. The molecule has 0 aromatic carbocycles. The van der Waals surface area contributed by atoms with E-state index in [1.165, 1.54) is 0 Å². The van der Waals surface area contributed by atoms with Crippen molar-refractivity contribution < 1.29 is 19.7 Å². The standard InChI is InChI=1S/C13H23NO4/c1-13(2,3)18-12(17)14-10(8-15)11(16)9-6-4-5-7-9/h6,10-11,15-16H,4-5,7-8H2,1-3H3,(H,14,17)/t10-,11-/m0/s1. The third-order valence-corrected chi connectivity index (χ3v) is 2.74. The molecule has 0 fully saturated rings. The van der Waals surface area contributed by atoms with Gasteiger partial charge in [0, 0.05) is 0 Å². The normalized spacial score (nSPS) is 19.1. The lowest BCUT2D eigenvalue weighted by molar-refractivity contribution is 0.0394. The zero-order valence-corrected chi connectivity index (χ0v) is 11.3. The van der Waals surface area contributed by atoms with Crippen LogP contribution < -0.4 is 5.32 Å². The molecular formula is C13H23NO4. The first kappa shape index (κ1) is 15.0. The van der Waals surface area contributed by atoms with Crippen LogP contribution >= 0.6 is 0 Å². The predicted octanol–water partition coefficient (Wildman–Crippen LogP) is 1.34. The number of aliphatic hydroxyl groups is 2. The van der Waals surface area contributed by atoms with Crippen LogP contribution in [0.5, 0.6) is 0 Å². The van der Waals surface area contributed by atoms with Crippen molar-refractivity contribution >= 4 is 6.09 Å². The largest absolute Gasteiger partial charge is 0.444 e. The Hall–Kier alpha value is -1.07. The molecule has 0 radical (unpaired) electrons. The number of hydrogen-bond acceptors (Lipinski definition) is 4. The maximum Gasteiger partial charge on any atom is 0.408 e. The Morgan fingerprint density at radius 1 is 1.56 bits per heavy atom. The Labute approximate surface area is 108 Å². The molecule has 3 N–H and O–H groups in total. The predicted molar refractivity (Wildman–Crippen MR) is 68.2 cm³/mol. The van der Waals surface area contributed by atoms with E-state index in [1.807, 2.05) is 6.08 Å². The van der Waals surface area contributed by atoms with Crippen LogP contribution in [0.1, 0.15) is 40.0 Å². The number of rotatable bonds is 4. The molecule has 0 aliphatic heterocycles. The highest BCUT2D eigenvalue weighted by molar-refractivity contribution is 5.68. The van der Waals surface area contributed by atoms with Crippen molar-refractivity contribution in [2.24, 2.45) is 0 Å². The van der Waals surface area contributed by atoms with E-state index in [1.54, 1.807) is 20.8 Å². The van der Waals surface area contributed by atoms with Gasteiger partial charge in [0.1, 0.15) is 5.60 Å². The van der Waals surface area contributed by atoms with E-state index in [2.05, 4.69) is 5.32 Å². The maximum absolute atomic E-state index is 11.6. The Kier molecular flexibility index (Phi) is 5.16. The average Bonchev–Trinajstić information content (AvgIpc) is 2.75.